The average Bonchev–Trinajstić information content (AvgIpc) is 3.31. The largest absolute Gasteiger partial charge is 0.378 e. The number of rotatable bonds is 15. The maximum absolute atomic E-state index is 13.3. The summed E-state index contributed by atoms with van der Waals surface area (Å²) in [5, 5.41) is 6.76. The van der Waals surface area contributed by atoms with Gasteiger partial charge in [-0.1, -0.05) is 45.6 Å². The lowest BCUT2D eigenvalue weighted by molar-refractivity contribution is 0.0931. The molecule has 0 spiro atoms. The van der Waals surface area contributed by atoms with Crippen molar-refractivity contribution in [2.75, 3.05) is 18.4 Å². The predicted octanol–water partition coefficient (Wildman–Crippen LogP) is 7.46. The second-order valence-electron chi connectivity index (χ2n) is 10.9. The summed E-state index contributed by atoms with van der Waals surface area (Å²) in [6.45, 7) is 8.80. The van der Waals surface area contributed by atoms with Crippen LogP contribution in [0.15, 0.2) is 54.7 Å². The van der Waals surface area contributed by atoms with Crippen LogP contribution in [0.25, 0.3) is 11.0 Å². The first-order chi connectivity index (χ1) is 19.5. The van der Waals surface area contributed by atoms with Crippen LogP contribution >= 0.6 is 0 Å². The van der Waals surface area contributed by atoms with Gasteiger partial charge in [-0.15, -0.1) is 0 Å². The Balaban J connectivity index is 1.58. The smallest absolute Gasteiger partial charge is 0.251 e. The molecule has 40 heavy (non-hydrogen) atoms. The fourth-order valence-electron chi connectivity index (χ4n) is 5.29. The van der Waals surface area contributed by atoms with Crippen LogP contribution in [0.4, 0.5) is 11.6 Å². The van der Waals surface area contributed by atoms with Gasteiger partial charge in [0, 0.05) is 42.5 Å². The van der Waals surface area contributed by atoms with Crippen molar-refractivity contribution in [2.45, 2.75) is 91.1 Å². The number of carbonyl (C=O) groups is 2. The van der Waals surface area contributed by atoms with E-state index in [1.807, 2.05) is 42.5 Å². The molecular weight excluding hydrogens is 498 g/mol. The lowest BCUT2D eigenvalue weighted by Gasteiger charge is -2.23. The first-order valence-corrected chi connectivity index (χ1v) is 15.1. The fourth-order valence-corrected chi connectivity index (χ4v) is 5.29. The summed E-state index contributed by atoms with van der Waals surface area (Å²) < 4.78 is 2.18. The zero-order valence-corrected chi connectivity index (χ0v) is 24.4. The van der Waals surface area contributed by atoms with Crippen LogP contribution < -0.4 is 10.6 Å². The molecule has 0 fully saturated rings. The molecule has 0 saturated heterocycles. The second-order valence-corrected chi connectivity index (χ2v) is 10.9. The summed E-state index contributed by atoms with van der Waals surface area (Å²) in [6, 6.07) is 13.5. The molecule has 0 radical (unpaired) electrons. The minimum Gasteiger partial charge on any atom is -0.378 e. The van der Waals surface area contributed by atoms with Crippen molar-refractivity contribution in [2.24, 2.45) is 0 Å². The number of amides is 1. The number of Topliss-reactive ketones (excluding diaryl/α,β-unsaturated/α-hetero) is 1. The summed E-state index contributed by atoms with van der Waals surface area (Å²) in [4.78, 5) is 32.3. The number of nitrogens with zero attached hydrogens (tertiary/aromatic N) is 3. The van der Waals surface area contributed by atoms with Crippen molar-refractivity contribution in [3.63, 3.8) is 0 Å². The highest BCUT2D eigenvalue weighted by Crippen LogP contribution is 2.25. The predicted molar refractivity (Wildman–Crippen MR) is 164 cm³/mol. The number of hydrogen-bond donors (Lipinski definition) is 2. The Kier molecular flexibility index (Phi) is 10.8. The van der Waals surface area contributed by atoms with Crippen LogP contribution in [-0.4, -0.2) is 45.3 Å². The zero-order chi connectivity index (χ0) is 28.3. The molecule has 1 aromatic heterocycles. The van der Waals surface area contributed by atoms with E-state index >= 15 is 0 Å². The maximum Gasteiger partial charge on any atom is 0.251 e. The molecule has 2 heterocycles. The monoisotopic (exact) mass is 543 g/mol. The number of ketones is 1. The maximum atomic E-state index is 13.3. The molecule has 1 aliphatic heterocycles. The number of allylic oxidation sites excluding steroid dienone is 1. The van der Waals surface area contributed by atoms with Gasteiger partial charge in [-0.25, -0.2) is 4.98 Å². The number of imidazole rings is 1. The van der Waals surface area contributed by atoms with Gasteiger partial charge < -0.3 is 20.1 Å². The number of unbranched alkanes of at least 4 members (excludes halogenated alkanes) is 2. The number of aryl methyl sites for hydroxylation is 1. The van der Waals surface area contributed by atoms with E-state index in [2.05, 4.69) is 46.2 Å². The molecule has 2 N–H and O–H groups in total. The number of carbonyl (C=O) groups excluding carboxylic acids is 2. The Labute approximate surface area is 239 Å². The molecule has 1 amide bonds. The highest BCUT2D eigenvalue weighted by Gasteiger charge is 2.17. The van der Waals surface area contributed by atoms with Crippen molar-refractivity contribution >= 4 is 34.4 Å². The molecule has 0 aliphatic carbocycles. The number of fused-ring (bicyclic) bond motifs is 1. The van der Waals surface area contributed by atoms with Crippen molar-refractivity contribution in [1.29, 1.82) is 0 Å². The SMILES string of the molecule is CCCCC(CCCC)NC(=O)c1ccc2nc(Nc3ccc(C(C)=O)cc3)n(CCCN3C=CCCC3)c2c1. The van der Waals surface area contributed by atoms with Gasteiger partial charge >= 0.3 is 0 Å². The summed E-state index contributed by atoms with van der Waals surface area (Å²) in [6.07, 6.45) is 14.3. The van der Waals surface area contributed by atoms with Crippen LogP contribution in [-0.2, 0) is 6.54 Å². The summed E-state index contributed by atoms with van der Waals surface area (Å²) >= 11 is 0. The highest BCUT2D eigenvalue weighted by molar-refractivity contribution is 5.98. The number of anilines is 2. The van der Waals surface area contributed by atoms with Crippen molar-refractivity contribution in [1.82, 2.24) is 19.8 Å². The second kappa shape index (κ2) is 14.7. The minimum absolute atomic E-state index is 0.0142. The molecular formula is C33H45N5O2. The van der Waals surface area contributed by atoms with E-state index in [0.29, 0.717) is 11.1 Å². The molecule has 0 bridgehead atoms. The van der Waals surface area contributed by atoms with Gasteiger partial charge in [0.05, 0.1) is 11.0 Å². The number of nitrogens with one attached hydrogen (secondary N) is 2. The van der Waals surface area contributed by atoms with Crippen LogP contribution in [0.5, 0.6) is 0 Å². The van der Waals surface area contributed by atoms with Crippen molar-refractivity contribution in [3.05, 3.63) is 65.9 Å². The number of hydrogen-bond acceptors (Lipinski definition) is 5. The fraction of sp³-hybridized carbons (Fsp3) is 0.485. The summed E-state index contributed by atoms with van der Waals surface area (Å²) in [5.74, 6) is 0.767. The summed E-state index contributed by atoms with van der Waals surface area (Å²) in [5.41, 5.74) is 4.02. The van der Waals surface area contributed by atoms with Crippen molar-refractivity contribution < 1.29 is 9.59 Å². The Hall–Kier alpha value is -3.61. The quantitative estimate of drug-likeness (QED) is 0.195. The average molecular weight is 544 g/mol. The van der Waals surface area contributed by atoms with Gasteiger partial charge in [-0.3, -0.25) is 9.59 Å². The molecule has 2 aromatic carbocycles. The van der Waals surface area contributed by atoms with Crippen LogP contribution in [0, 0.1) is 0 Å². The van der Waals surface area contributed by atoms with E-state index < -0.39 is 0 Å². The Morgan fingerprint density at radius 1 is 0.950 bits per heavy atom. The topological polar surface area (TPSA) is 79.3 Å². The third-order valence-electron chi connectivity index (χ3n) is 7.66. The van der Waals surface area contributed by atoms with Gasteiger partial charge in [0.2, 0.25) is 5.95 Å². The zero-order valence-electron chi connectivity index (χ0n) is 24.4. The molecule has 0 saturated carbocycles. The third-order valence-corrected chi connectivity index (χ3v) is 7.66. The van der Waals surface area contributed by atoms with E-state index in [-0.39, 0.29) is 17.7 Å². The molecule has 1 aliphatic rings. The lowest BCUT2D eigenvalue weighted by atomic mass is 10.0. The van der Waals surface area contributed by atoms with Gasteiger partial charge in [0.25, 0.3) is 5.91 Å². The first kappa shape index (κ1) is 29.4. The molecule has 3 aromatic rings. The molecule has 4 rings (SSSR count). The molecule has 0 atom stereocenters. The van der Waals surface area contributed by atoms with Crippen LogP contribution in [0.2, 0.25) is 0 Å². The highest BCUT2D eigenvalue weighted by atomic mass is 16.1. The van der Waals surface area contributed by atoms with Gasteiger partial charge in [-0.2, -0.15) is 0 Å². The Morgan fingerprint density at radius 2 is 1.68 bits per heavy atom. The molecule has 214 valence electrons. The lowest BCUT2D eigenvalue weighted by Crippen LogP contribution is -2.34. The normalized spacial score (nSPS) is 13.2. The number of aromatic nitrogens is 2. The van der Waals surface area contributed by atoms with E-state index in [9.17, 15) is 9.59 Å². The van der Waals surface area contributed by atoms with E-state index in [1.54, 1.807) is 6.92 Å². The third kappa shape index (κ3) is 7.96. The minimum atomic E-state index is -0.0142. The Bertz CT molecular complexity index is 1290. The van der Waals surface area contributed by atoms with Crippen molar-refractivity contribution in [3.8, 4) is 0 Å². The van der Waals surface area contributed by atoms with Gasteiger partial charge in [0.15, 0.2) is 5.78 Å². The Morgan fingerprint density at radius 3 is 2.33 bits per heavy atom. The van der Waals surface area contributed by atoms with Crippen LogP contribution in [0.3, 0.4) is 0 Å². The van der Waals surface area contributed by atoms with E-state index in [1.165, 1.54) is 6.42 Å². The van der Waals surface area contributed by atoms with Gasteiger partial charge in [-0.05, 0) is 87.7 Å². The van der Waals surface area contributed by atoms with E-state index in [4.69, 9.17) is 4.98 Å². The van der Waals surface area contributed by atoms with Crippen LogP contribution in [0.1, 0.15) is 99.3 Å². The van der Waals surface area contributed by atoms with Gasteiger partial charge in [0.1, 0.15) is 0 Å². The molecule has 0 unspecified atom stereocenters. The molecule has 7 nitrogen and oxygen atoms in total. The number of benzene rings is 2. The summed E-state index contributed by atoms with van der Waals surface area (Å²) in [7, 11) is 0. The van der Waals surface area contributed by atoms with E-state index in [0.717, 1.165) is 93.7 Å². The standard InChI is InChI=1S/C33H45N5O2/c1-4-6-12-28(13-7-5-2)34-32(40)27-16-19-30-31(24-27)38(23-11-22-37-20-9-8-10-21-37)33(36-30)35-29-17-14-26(15-18-29)25(3)39/h9,14-20,24,28H,4-8,10-13,21-23H2,1-3H3,(H,34,40)(H,35,36). The molecule has 7 heteroatoms. The first-order valence-electron chi connectivity index (χ1n) is 15.1.